The van der Waals surface area contributed by atoms with Gasteiger partial charge in [0.15, 0.2) is 0 Å². The molecule has 4 nitrogen and oxygen atoms in total. The van der Waals surface area contributed by atoms with Crippen LogP contribution in [0.5, 0.6) is 0 Å². The molecule has 1 aromatic heterocycles. The van der Waals surface area contributed by atoms with Gasteiger partial charge in [-0.1, -0.05) is 26.0 Å². The van der Waals surface area contributed by atoms with Gasteiger partial charge in [-0.05, 0) is 29.7 Å². The molecule has 2 rings (SSSR count). The zero-order valence-corrected chi connectivity index (χ0v) is 13.4. The maximum atomic E-state index is 12.9. The number of carbonyl (C=O) groups excluding carboxylic acids is 1. The van der Waals surface area contributed by atoms with Gasteiger partial charge in [0.1, 0.15) is 12.0 Å². The Labute approximate surface area is 137 Å². The van der Waals surface area contributed by atoms with Gasteiger partial charge in [0.05, 0.1) is 23.7 Å². The Balaban J connectivity index is 2.25. The van der Waals surface area contributed by atoms with Crippen LogP contribution in [0.25, 0.3) is 0 Å². The SMILES string of the molecule is CC(C)C(NC(=O)c1coc(CN)c1)c1cccc(C(F)(F)F)c1. The van der Waals surface area contributed by atoms with Crippen LogP contribution in [0.1, 0.15) is 47.1 Å². The van der Waals surface area contributed by atoms with Crippen molar-refractivity contribution in [1.29, 1.82) is 0 Å². The third-order valence-corrected chi connectivity index (χ3v) is 3.64. The first-order chi connectivity index (χ1) is 11.2. The lowest BCUT2D eigenvalue weighted by atomic mass is 9.94. The van der Waals surface area contributed by atoms with Crippen LogP contribution in [0.15, 0.2) is 41.0 Å². The fraction of sp³-hybridized carbons (Fsp3) is 0.353. The Bertz CT molecular complexity index is 708. The van der Waals surface area contributed by atoms with E-state index >= 15 is 0 Å². The number of hydrogen-bond acceptors (Lipinski definition) is 3. The van der Waals surface area contributed by atoms with Gasteiger partial charge in [0, 0.05) is 0 Å². The second kappa shape index (κ2) is 7.09. The van der Waals surface area contributed by atoms with Crippen LogP contribution in [0, 0.1) is 5.92 Å². The number of hydrogen-bond donors (Lipinski definition) is 2. The number of alkyl halides is 3. The number of nitrogens with one attached hydrogen (secondary N) is 1. The molecule has 1 aromatic carbocycles. The predicted molar refractivity (Wildman–Crippen MR) is 83.1 cm³/mol. The molecule has 0 bridgehead atoms. The molecular weight excluding hydrogens is 321 g/mol. The Morgan fingerprint density at radius 1 is 1.29 bits per heavy atom. The molecule has 2 aromatic rings. The lowest BCUT2D eigenvalue weighted by Crippen LogP contribution is -2.31. The molecule has 24 heavy (non-hydrogen) atoms. The van der Waals surface area contributed by atoms with E-state index in [-0.39, 0.29) is 18.0 Å². The summed E-state index contributed by atoms with van der Waals surface area (Å²) < 4.78 is 43.8. The average molecular weight is 340 g/mol. The van der Waals surface area contributed by atoms with Gasteiger partial charge in [-0.25, -0.2) is 0 Å². The van der Waals surface area contributed by atoms with E-state index in [9.17, 15) is 18.0 Å². The molecule has 1 atom stereocenters. The molecule has 7 heteroatoms. The number of carbonyl (C=O) groups is 1. The third kappa shape index (κ3) is 4.17. The van der Waals surface area contributed by atoms with E-state index in [1.54, 1.807) is 6.07 Å². The number of benzene rings is 1. The predicted octanol–water partition coefficient (Wildman–Crippen LogP) is 3.88. The summed E-state index contributed by atoms with van der Waals surface area (Å²) >= 11 is 0. The van der Waals surface area contributed by atoms with E-state index in [1.807, 2.05) is 13.8 Å². The van der Waals surface area contributed by atoms with Crippen molar-refractivity contribution in [2.75, 3.05) is 0 Å². The molecule has 1 unspecified atom stereocenters. The van der Waals surface area contributed by atoms with Gasteiger partial charge in [-0.3, -0.25) is 4.79 Å². The standard InChI is InChI=1S/C17H19F3N2O2/c1-10(2)15(11-4-3-5-13(6-11)17(18,19)20)22-16(23)12-7-14(8-21)24-9-12/h3-7,9-10,15H,8,21H2,1-2H3,(H,22,23). The van der Waals surface area contributed by atoms with E-state index in [4.69, 9.17) is 10.2 Å². The molecule has 0 aliphatic heterocycles. The van der Waals surface area contributed by atoms with Gasteiger partial charge < -0.3 is 15.5 Å². The monoisotopic (exact) mass is 340 g/mol. The molecule has 0 radical (unpaired) electrons. The van der Waals surface area contributed by atoms with Gasteiger partial charge in [0.25, 0.3) is 5.91 Å². The normalized spacial score (nSPS) is 13.1. The summed E-state index contributed by atoms with van der Waals surface area (Å²) in [5.74, 6) is -0.0619. The van der Waals surface area contributed by atoms with E-state index in [0.717, 1.165) is 12.1 Å². The smallest absolute Gasteiger partial charge is 0.416 e. The van der Waals surface area contributed by atoms with Crippen LogP contribution < -0.4 is 11.1 Å². The first-order valence-electron chi connectivity index (χ1n) is 7.48. The molecule has 0 aliphatic rings. The minimum absolute atomic E-state index is 0.0988. The fourth-order valence-electron chi connectivity index (χ4n) is 2.37. The lowest BCUT2D eigenvalue weighted by Gasteiger charge is -2.23. The highest BCUT2D eigenvalue weighted by molar-refractivity contribution is 5.94. The third-order valence-electron chi connectivity index (χ3n) is 3.64. The van der Waals surface area contributed by atoms with Crippen LogP contribution in [0.2, 0.25) is 0 Å². The maximum Gasteiger partial charge on any atom is 0.416 e. The molecule has 0 spiro atoms. The van der Waals surface area contributed by atoms with Crippen molar-refractivity contribution in [2.45, 2.75) is 32.6 Å². The van der Waals surface area contributed by atoms with Gasteiger partial charge in [-0.2, -0.15) is 13.2 Å². The zero-order valence-electron chi connectivity index (χ0n) is 13.4. The van der Waals surface area contributed by atoms with Crippen LogP contribution in [-0.2, 0) is 12.7 Å². The number of amides is 1. The molecular formula is C17H19F3N2O2. The first-order valence-corrected chi connectivity index (χ1v) is 7.48. The summed E-state index contributed by atoms with van der Waals surface area (Å²) in [5, 5.41) is 2.76. The van der Waals surface area contributed by atoms with Crippen molar-refractivity contribution in [2.24, 2.45) is 11.7 Å². The van der Waals surface area contributed by atoms with Crippen LogP contribution in [0.3, 0.4) is 0 Å². The second-order valence-corrected chi connectivity index (χ2v) is 5.82. The summed E-state index contributed by atoms with van der Waals surface area (Å²) in [6.45, 7) is 3.81. The molecule has 3 N–H and O–H groups in total. The van der Waals surface area contributed by atoms with E-state index in [2.05, 4.69) is 5.32 Å². The van der Waals surface area contributed by atoms with Crippen molar-refractivity contribution < 1.29 is 22.4 Å². The van der Waals surface area contributed by atoms with Gasteiger partial charge in [-0.15, -0.1) is 0 Å². The Hall–Kier alpha value is -2.28. The number of furan rings is 1. The summed E-state index contributed by atoms with van der Waals surface area (Å²) in [6.07, 6.45) is -3.15. The van der Waals surface area contributed by atoms with Crippen molar-refractivity contribution in [1.82, 2.24) is 5.32 Å². The summed E-state index contributed by atoms with van der Waals surface area (Å²) in [4.78, 5) is 12.3. The minimum Gasteiger partial charge on any atom is -0.467 e. The topological polar surface area (TPSA) is 68.3 Å². The summed E-state index contributed by atoms with van der Waals surface area (Å²) in [6, 6.07) is 5.93. The molecule has 0 saturated heterocycles. The molecule has 0 fully saturated rings. The van der Waals surface area contributed by atoms with Crippen molar-refractivity contribution in [3.05, 3.63) is 59.0 Å². The van der Waals surface area contributed by atoms with Crippen molar-refractivity contribution in [3.63, 3.8) is 0 Å². The number of nitrogens with two attached hydrogens (primary N) is 1. The zero-order chi connectivity index (χ0) is 17.9. The Kier molecular flexibility index (Phi) is 5.33. The van der Waals surface area contributed by atoms with E-state index in [0.29, 0.717) is 11.3 Å². The highest BCUT2D eigenvalue weighted by Crippen LogP contribution is 2.32. The molecule has 0 saturated carbocycles. The van der Waals surface area contributed by atoms with E-state index < -0.39 is 23.7 Å². The van der Waals surface area contributed by atoms with Crippen LogP contribution in [0.4, 0.5) is 13.2 Å². The summed E-state index contributed by atoms with van der Waals surface area (Å²) in [7, 11) is 0. The number of rotatable bonds is 5. The quantitative estimate of drug-likeness (QED) is 0.868. The minimum atomic E-state index is -4.43. The highest BCUT2D eigenvalue weighted by Gasteiger charge is 2.31. The van der Waals surface area contributed by atoms with Crippen LogP contribution in [-0.4, -0.2) is 5.91 Å². The first kappa shape index (κ1) is 18.1. The molecule has 1 heterocycles. The average Bonchev–Trinajstić information content (AvgIpc) is 3.00. The second-order valence-electron chi connectivity index (χ2n) is 5.82. The largest absolute Gasteiger partial charge is 0.467 e. The Morgan fingerprint density at radius 3 is 2.54 bits per heavy atom. The summed E-state index contributed by atoms with van der Waals surface area (Å²) in [5.41, 5.74) is 5.37. The molecule has 130 valence electrons. The van der Waals surface area contributed by atoms with E-state index in [1.165, 1.54) is 18.4 Å². The maximum absolute atomic E-state index is 12.9. The molecule has 0 aliphatic carbocycles. The fourth-order valence-corrected chi connectivity index (χ4v) is 2.37. The van der Waals surface area contributed by atoms with Crippen molar-refractivity contribution in [3.8, 4) is 0 Å². The lowest BCUT2D eigenvalue weighted by molar-refractivity contribution is -0.137. The van der Waals surface area contributed by atoms with Gasteiger partial charge in [0.2, 0.25) is 0 Å². The number of halogens is 3. The van der Waals surface area contributed by atoms with Crippen LogP contribution >= 0.6 is 0 Å². The highest BCUT2D eigenvalue weighted by atomic mass is 19.4. The Morgan fingerprint density at radius 2 is 2.00 bits per heavy atom. The van der Waals surface area contributed by atoms with Crippen molar-refractivity contribution >= 4 is 5.91 Å². The molecule has 1 amide bonds. The van der Waals surface area contributed by atoms with Gasteiger partial charge >= 0.3 is 6.18 Å².